The van der Waals surface area contributed by atoms with E-state index in [1.54, 1.807) is 12.1 Å². The van der Waals surface area contributed by atoms with Crippen molar-refractivity contribution in [3.8, 4) is 0 Å². The van der Waals surface area contributed by atoms with Crippen LogP contribution in [0.2, 0.25) is 0 Å². The van der Waals surface area contributed by atoms with Crippen LogP contribution in [0.25, 0.3) is 5.57 Å². The molecule has 1 aromatic rings. The summed E-state index contributed by atoms with van der Waals surface area (Å²) in [6.45, 7) is 16.1. The highest BCUT2D eigenvalue weighted by molar-refractivity contribution is 5.88. The molecule has 0 spiro atoms. The monoisotopic (exact) mass is 643 g/mol. The molecule has 256 valence electrons. The molecule has 0 bridgehead atoms. The van der Waals surface area contributed by atoms with Crippen molar-refractivity contribution in [1.29, 1.82) is 0 Å². The zero-order valence-electron chi connectivity index (χ0n) is 29.4. The highest BCUT2D eigenvalue weighted by atomic mass is 16.4. The standard InChI is InChI=1S/C40H57N3O4/c1-36(2)28(26-8-10-27(11-9-26)34(45)46)14-17-37(3)31(36)15-18-39(5)32(37)13-12-29-30-7-6-16-40(30,20-19-38(29,39)4)35(47)42-22-24-43-23-21-41-33(44)25-43/h8-11,14,29-32H,6-7,12-13,15-25H2,1-5H3,(H,41,44)(H,42,47)(H,45,46)/t29-,30-,31+,32-,37+,38-,39-,40+/m1/s1. The number of carbonyl (C=O) groups is 3. The fourth-order valence-corrected chi connectivity index (χ4v) is 13.2. The fourth-order valence-electron chi connectivity index (χ4n) is 13.2. The van der Waals surface area contributed by atoms with E-state index in [1.807, 2.05) is 12.1 Å². The van der Waals surface area contributed by atoms with Gasteiger partial charge in [0.25, 0.3) is 0 Å². The molecule has 7 nitrogen and oxygen atoms in total. The molecular formula is C40H57N3O4. The first kappa shape index (κ1) is 32.9. The molecule has 1 saturated heterocycles. The zero-order valence-corrected chi connectivity index (χ0v) is 29.4. The predicted octanol–water partition coefficient (Wildman–Crippen LogP) is 6.78. The normalized spacial score (nSPS) is 41.0. The lowest BCUT2D eigenvalue weighted by atomic mass is 9.32. The van der Waals surface area contributed by atoms with Gasteiger partial charge in [0.05, 0.1) is 17.5 Å². The summed E-state index contributed by atoms with van der Waals surface area (Å²) in [5.74, 6) is 1.76. The lowest BCUT2D eigenvalue weighted by molar-refractivity contribution is -0.222. The first-order valence-corrected chi connectivity index (χ1v) is 18.6. The molecule has 0 unspecified atom stereocenters. The van der Waals surface area contributed by atoms with E-state index in [4.69, 9.17) is 0 Å². The van der Waals surface area contributed by atoms with Crippen molar-refractivity contribution >= 4 is 23.4 Å². The summed E-state index contributed by atoms with van der Waals surface area (Å²) >= 11 is 0. The van der Waals surface area contributed by atoms with Crippen LogP contribution < -0.4 is 10.6 Å². The zero-order chi connectivity index (χ0) is 33.4. The van der Waals surface area contributed by atoms with Gasteiger partial charge >= 0.3 is 5.97 Å². The maximum atomic E-state index is 14.1. The Hall–Kier alpha value is -2.67. The van der Waals surface area contributed by atoms with Crippen LogP contribution in [0, 0.1) is 50.7 Å². The fraction of sp³-hybridized carbons (Fsp3) is 0.725. The van der Waals surface area contributed by atoms with E-state index in [9.17, 15) is 19.5 Å². The summed E-state index contributed by atoms with van der Waals surface area (Å²) in [6.07, 6.45) is 14.0. The molecule has 1 aromatic carbocycles. The summed E-state index contributed by atoms with van der Waals surface area (Å²) in [4.78, 5) is 39.6. The van der Waals surface area contributed by atoms with Crippen LogP contribution in [0.4, 0.5) is 0 Å². The summed E-state index contributed by atoms with van der Waals surface area (Å²) < 4.78 is 0. The number of aromatic carboxylic acids is 1. The molecule has 6 aliphatic rings. The third-order valence-corrected chi connectivity index (χ3v) is 15.7. The van der Waals surface area contributed by atoms with Crippen molar-refractivity contribution < 1.29 is 19.5 Å². The summed E-state index contributed by atoms with van der Waals surface area (Å²) in [5, 5.41) is 15.7. The second kappa shape index (κ2) is 11.5. The Labute approximate surface area is 281 Å². The summed E-state index contributed by atoms with van der Waals surface area (Å²) in [5.41, 5.74) is 3.33. The molecule has 1 heterocycles. The van der Waals surface area contributed by atoms with Gasteiger partial charge in [-0.3, -0.25) is 14.5 Å². The van der Waals surface area contributed by atoms with Gasteiger partial charge in [-0.25, -0.2) is 4.79 Å². The number of amides is 2. The number of nitrogens with one attached hydrogen (secondary N) is 2. The topological polar surface area (TPSA) is 98.7 Å². The van der Waals surface area contributed by atoms with Crippen molar-refractivity contribution in [2.75, 3.05) is 32.7 Å². The molecule has 5 fully saturated rings. The Balaban J connectivity index is 1.11. The second-order valence-corrected chi connectivity index (χ2v) is 17.6. The van der Waals surface area contributed by atoms with Gasteiger partial charge in [0, 0.05) is 26.2 Å². The number of carboxylic acids is 1. The largest absolute Gasteiger partial charge is 0.478 e. The Kier molecular flexibility index (Phi) is 8.01. The highest BCUT2D eigenvalue weighted by Crippen LogP contribution is 2.77. The molecule has 4 saturated carbocycles. The third kappa shape index (κ3) is 4.87. The highest BCUT2D eigenvalue weighted by Gasteiger charge is 2.70. The van der Waals surface area contributed by atoms with Crippen LogP contribution >= 0.6 is 0 Å². The number of allylic oxidation sites excluding steroid dienone is 2. The number of nitrogens with zero attached hydrogens (tertiary/aromatic N) is 1. The molecule has 7 heteroatoms. The number of hydrogen-bond acceptors (Lipinski definition) is 4. The molecule has 5 aliphatic carbocycles. The average Bonchev–Trinajstić information content (AvgIpc) is 3.47. The van der Waals surface area contributed by atoms with E-state index < -0.39 is 5.97 Å². The number of carbonyl (C=O) groups excluding carboxylic acids is 2. The van der Waals surface area contributed by atoms with Crippen LogP contribution in [-0.4, -0.2) is 60.5 Å². The van der Waals surface area contributed by atoms with Crippen LogP contribution in [0.15, 0.2) is 30.3 Å². The van der Waals surface area contributed by atoms with Gasteiger partial charge in [0.2, 0.25) is 11.8 Å². The van der Waals surface area contributed by atoms with Crippen molar-refractivity contribution in [2.45, 2.75) is 98.8 Å². The molecule has 7 rings (SSSR count). The van der Waals surface area contributed by atoms with Gasteiger partial charge in [-0.2, -0.15) is 0 Å². The number of fused-ring (bicyclic) bond motifs is 7. The molecule has 0 aromatic heterocycles. The van der Waals surface area contributed by atoms with Gasteiger partial charge in [-0.1, -0.05) is 59.2 Å². The minimum absolute atomic E-state index is 0.0000802. The van der Waals surface area contributed by atoms with Crippen molar-refractivity contribution in [3.63, 3.8) is 0 Å². The minimum Gasteiger partial charge on any atom is -0.478 e. The minimum atomic E-state index is -0.876. The third-order valence-electron chi connectivity index (χ3n) is 15.7. The average molecular weight is 644 g/mol. The smallest absolute Gasteiger partial charge is 0.335 e. The molecule has 2 amide bonds. The molecule has 1 aliphatic heterocycles. The van der Waals surface area contributed by atoms with Crippen LogP contribution in [-0.2, 0) is 9.59 Å². The van der Waals surface area contributed by atoms with Gasteiger partial charge in [-0.05, 0) is 126 Å². The van der Waals surface area contributed by atoms with Gasteiger partial charge in [0.1, 0.15) is 0 Å². The first-order valence-electron chi connectivity index (χ1n) is 18.6. The molecule has 0 radical (unpaired) electrons. The van der Waals surface area contributed by atoms with Crippen molar-refractivity contribution in [3.05, 3.63) is 41.5 Å². The maximum Gasteiger partial charge on any atom is 0.335 e. The van der Waals surface area contributed by atoms with Gasteiger partial charge in [0.15, 0.2) is 0 Å². The predicted molar refractivity (Wildman–Crippen MR) is 185 cm³/mol. The van der Waals surface area contributed by atoms with E-state index in [2.05, 4.69) is 56.2 Å². The lowest BCUT2D eigenvalue weighted by Crippen LogP contribution is -2.66. The van der Waals surface area contributed by atoms with E-state index in [1.165, 1.54) is 37.7 Å². The van der Waals surface area contributed by atoms with Crippen LogP contribution in [0.1, 0.15) is 115 Å². The summed E-state index contributed by atoms with van der Waals surface area (Å²) in [7, 11) is 0. The molecule has 3 N–H and O–H groups in total. The van der Waals surface area contributed by atoms with Gasteiger partial charge in [-0.15, -0.1) is 0 Å². The Bertz CT molecular complexity index is 1470. The SMILES string of the molecule is CC1(C)C(c2ccc(C(=O)O)cc2)=CC[C@]2(C)[C@H]3CC[C@@H]4[C@H]5CCC[C@]5(C(=O)NCCN5CCNC(=O)C5)CC[C@@]4(C)[C@]3(C)CC[C@@H]12. The number of benzene rings is 1. The van der Waals surface area contributed by atoms with Crippen LogP contribution in [0.5, 0.6) is 0 Å². The Morgan fingerprint density at radius 3 is 2.40 bits per heavy atom. The Morgan fingerprint density at radius 1 is 0.915 bits per heavy atom. The molecular weight excluding hydrogens is 586 g/mol. The maximum absolute atomic E-state index is 14.1. The Morgan fingerprint density at radius 2 is 1.68 bits per heavy atom. The number of carboxylic acid groups (broad SMARTS) is 1. The first-order chi connectivity index (χ1) is 22.3. The molecule has 47 heavy (non-hydrogen) atoms. The number of piperazine rings is 1. The van der Waals surface area contributed by atoms with E-state index in [0.29, 0.717) is 48.9 Å². The number of rotatable bonds is 6. The molecule has 8 atom stereocenters. The van der Waals surface area contributed by atoms with E-state index in [0.717, 1.165) is 50.8 Å². The van der Waals surface area contributed by atoms with Crippen LogP contribution in [0.3, 0.4) is 0 Å². The number of hydrogen-bond donors (Lipinski definition) is 3. The van der Waals surface area contributed by atoms with Crippen molar-refractivity contribution in [1.82, 2.24) is 15.5 Å². The van der Waals surface area contributed by atoms with Gasteiger partial charge < -0.3 is 15.7 Å². The summed E-state index contributed by atoms with van der Waals surface area (Å²) in [6, 6.07) is 7.53. The van der Waals surface area contributed by atoms with E-state index >= 15 is 0 Å². The van der Waals surface area contributed by atoms with Crippen molar-refractivity contribution in [2.24, 2.45) is 50.7 Å². The quantitative estimate of drug-likeness (QED) is 0.318. The van der Waals surface area contributed by atoms with E-state index in [-0.39, 0.29) is 38.9 Å². The second-order valence-electron chi connectivity index (χ2n) is 17.6. The lowest BCUT2D eigenvalue weighted by Gasteiger charge is -2.72.